The van der Waals surface area contributed by atoms with Gasteiger partial charge in [0, 0.05) is 12.2 Å². The van der Waals surface area contributed by atoms with Crippen molar-refractivity contribution >= 4 is 17.6 Å². The van der Waals surface area contributed by atoms with Crippen LogP contribution in [0.2, 0.25) is 0 Å². The van der Waals surface area contributed by atoms with E-state index < -0.39 is 11.9 Å². The van der Waals surface area contributed by atoms with Gasteiger partial charge in [0.05, 0.1) is 18.9 Å². The van der Waals surface area contributed by atoms with Crippen molar-refractivity contribution in [1.82, 2.24) is 0 Å². The van der Waals surface area contributed by atoms with E-state index in [1.54, 1.807) is 4.90 Å². The molecule has 1 amide bonds. The molecule has 0 aliphatic carbocycles. The van der Waals surface area contributed by atoms with Crippen LogP contribution in [0.15, 0.2) is 30.0 Å². The molecule has 1 aliphatic rings. The normalized spacial score (nSPS) is 16.8. The maximum atomic E-state index is 12.8. The second-order valence-electron chi connectivity index (χ2n) is 5.16. The summed E-state index contributed by atoms with van der Waals surface area (Å²) in [6.07, 6.45) is 6.38. The van der Waals surface area contributed by atoms with Crippen molar-refractivity contribution in [1.29, 1.82) is 0 Å². The van der Waals surface area contributed by atoms with Gasteiger partial charge < -0.3 is 14.4 Å². The average molecular weight is 313 g/mol. The number of hydrogen-bond acceptors (Lipinski definition) is 4. The number of benzene rings is 1. The summed E-state index contributed by atoms with van der Waals surface area (Å²) >= 11 is 0. The fourth-order valence-electron chi connectivity index (χ4n) is 2.72. The van der Waals surface area contributed by atoms with Gasteiger partial charge in [0.1, 0.15) is 12.5 Å². The highest BCUT2D eigenvalue weighted by Crippen LogP contribution is 2.42. The molecule has 5 heteroatoms. The number of hydrogen-bond donors (Lipinski definition) is 0. The summed E-state index contributed by atoms with van der Waals surface area (Å²) in [6.45, 7) is 4.36. The maximum absolute atomic E-state index is 12.8. The molecule has 1 aromatic rings. The van der Waals surface area contributed by atoms with Crippen molar-refractivity contribution in [3.05, 3.63) is 41.2 Å². The highest BCUT2D eigenvalue weighted by atomic mass is 16.5. The summed E-state index contributed by atoms with van der Waals surface area (Å²) in [6, 6.07) is 5.74. The molecule has 1 atom stereocenters. The number of esters is 1. The summed E-state index contributed by atoms with van der Waals surface area (Å²) in [5.41, 5.74) is 2.74. The molecule has 0 N–H and O–H groups in total. The Labute approximate surface area is 135 Å². The van der Waals surface area contributed by atoms with Crippen molar-refractivity contribution in [3.63, 3.8) is 0 Å². The first kappa shape index (κ1) is 16.6. The Bertz CT molecular complexity index is 699. The molecule has 23 heavy (non-hydrogen) atoms. The SMILES string of the molecule is C#CCO/C=C(/C(=O)OC)C1C(=O)N(CC)c2ccc(C)cc21. The molecule has 0 bridgehead atoms. The van der Waals surface area contributed by atoms with Crippen molar-refractivity contribution < 1.29 is 19.1 Å². The Morgan fingerprint density at radius 2 is 2.22 bits per heavy atom. The zero-order chi connectivity index (χ0) is 17.0. The van der Waals surface area contributed by atoms with Gasteiger partial charge in [-0.15, -0.1) is 6.42 Å². The lowest BCUT2D eigenvalue weighted by atomic mass is 9.92. The number of fused-ring (bicyclic) bond motifs is 1. The fourth-order valence-corrected chi connectivity index (χ4v) is 2.72. The van der Waals surface area contributed by atoms with E-state index in [1.165, 1.54) is 13.4 Å². The molecule has 0 aromatic heterocycles. The second kappa shape index (κ2) is 7.01. The Balaban J connectivity index is 2.53. The second-order valence-corrected chi connectivity index (χ2v) is 5.16. The maximum Gasteiger partial charge on any atom is 0.338 e. The predicted octanol–water partition coefficient (Wildman–Crippen LogP) is 2.15. The number of carbonyl (C=O) groups excluding carboxylic acids is 2. The quantitative estimate of drug-likeness (QED) is 0.275. The van der Waals surface area contributed by atoms with Crippen LogP contribution in [0.1, 0.15) is 24.0 Å². The minimum Gasteiger partial charge on any atom is -0.488 e. The Morgan fingerprint density at radius 1 is 1.48 bits per heavy atom. The molecule has 0 saturated heterocycles. The predicted molar refractivity (Wildman–Crippen MR) is 86.8 cm³/mol. The first-order valence-electron chi connectivity index (χ1n) is 7.30. The van der Waals surface area contributed by atoms with Crippen LogP contribution in [0, 0.1) is 19.3 Å². The largest absolute Gasteiger partial charge is 0.488 e. The number of nitrogens with zero attached hydrogens (tertiary/aromatic N) is 1. The standard InChI is InChI=1S/C18H19NO4/c1-5-9-23-11-14(18(21)22-4)16-13-10-12(3)7-8-15(13)19(6-2)17(16)20/h1,7-8,10-11,16H,6,9H2,2-4H3/b14-11+. The van der Waals surface area contributed by atoms with E-state index in [1.807, 2.05) is 32.0 Å². The van der Waals surface area contributed by atoms with Crippen molar-refractivity contribution in [2.75, 3.05) is 25.2 Å². The number of terminal acetylenes is 1. The zero-order valence-electron chi connectivity index (χ0n) is 13.5. The van der Waals surface area contributed by atoms with Crippen LogP contribution in [0.4, 0.5) is 5.69 Å². The number of methoxy groups -OCH3 is 1. The zero-order valence-corrected chi connectivity index (χ0v) is 13.5. The van der Waals surface area contributed by atoms with Crippen molar-refractivity contribution in [2.24, 2.45) is 0 Å². The van der Waals surface area contributed by atoms with Crippen LogP contribution in [0.5, 0.6) is 0 Å². The van der Waals surface area contributed by atoms with Gasteiger partial charge in [-0.25, -0.2) is 4.79 Å². The third-order valence-corrected chi connectivity index (χ3v) is 3.72. The molecule has 2 rings (SSSR count). The summed E-state index contributed by atoms with van der Waals surface area (Å²) in [7, 11) is 1.27. The molecular formula is C18H19NO4. The van der Waals surface area contributed by atoms with Crippen LogP contribution in [0.25, 0.3) is 0 Å². The first-order valence-corrected chi connectivity index (χ1v) is 7.30. The van der Waals surface area contributed by atoms with Gasteiger partial charge in [-0.05, 0) is 25.5 Å². The van der Waals surface area contributed by atoms with E-state index in [4.69, 9.17) is 15.9 Å². The third kappa shape index (κ3) is 3.07. The van der Waals surface area contributed by atoms with Crippen molar-refractivity contribution in [2.45, 2.75) is 19.8 Å². The number of aryl methyl sites for hydroxylation is 1. The lowest BCUT2D eigenvalue weighted by Crippen LogP contribution is -2.30. The topological polar surface area (TPSA) is 55.8 Å². The van der Waals surface area contributed by atoms with E-state index in [0.29, 0.717) is 6.54 Å². The fraction of sp³-hybridized carbons (Fsp3) is 0.333. The summed E-state index contributed by atoms with van der Waals surface area (Å²) in [5.74, 6) is 0.797. The Hall–Kier alpha value is -2.74. The molecular weight excluding hydrogens is 294 g/mol. The lowest BCUT2D eigenvalue weighted by molar-refractivity contribution is -0.137. The van der Waals surface area contributed by atoms with Crippen LogP contribution >= 0.6 is 0 Å². The van der Waals surface area contributed by atoms with Gasteiger partial charge in [0.25, 0.3) is 0 Å². The first-order chi connectivity index (χ1) is 11.0. The minimum atomic E-state index is -0.741. The molecule has 0 radical (unpaired) electrons. The van der Waals surface area contributed by atoms with Gasteiger partial charge in [-0.1, -0.05) is 23.6 Å². The van der Waals surface area contributed by atoms with E-state index in [0.717, 1.165) is 16.8 Å². The molecule has 1 aliphatic heterocycles. The number of anilines is 1. The van der Waals surface area contributed by atoms with Gasteiger partial charge in [0.2, 0.25) is 5.91 Å². The smallest absolute Gasteiger partial charge is 0.338 e. The van der Waals surface area contributed by atoms with E-state index in [9.17, 15) is 9.59 Å². The van der Waals surface area contributed by atoms with E-state index in [-0.39, 0.29) is 18.1 Å². The van der Waals surface area contributed by atoms with Crippen molar-refractivity contribution in [3.8, 4) is 12.3 Å². The van der Waals surface area contributed by atoms with Gasteiger partial charge in [-0.2, -0.15) is 0 Å². The van der Waals surface area contributed by atoms with E-state index >= 15 is 0 Å². The molecule has 0 saturated carbocycles. The Morgan fingerprint density at radius 3 is 2.83 bits per heavy atom. The molecule has 1 unspecified atom stereocenters. The number of rotatable bonds is 5. The lowest BCUT2D eigenvalue weighted by Gasteiger charge is -2.16. The Kier molecular flexibility index (Phi) is 5.07. The number of amides is 1. The summed E-state index contributed by atoms with van der Waals surface area (Å²) < 4.78 is 9.98. The average Bonchev–Trinajstić information content (AvgIpc) is 2.82. The molecule has 0 spiro atoms. The highest BCUT2D eigenvalue weighted by molar-refractivity contribution is 6.11. The number of carbonyl (C=O) groups is 2. The van der Waals surface area contributed by atoms with Crippen LogP contribution in [-0.4, -0.2) is 32.1 Å². The highest BCUT2D eigenvalue weighted by Gasteiger charge is 2.41. The van der Waals surface area contributed by atoms with E-state index in [2.05, 4.69) is 5.92 Å². The molecule has 0 fully saturated rings. The van der Waals surface area contributed by atoms with Gasteiger partial charge >= 0.3 is 5.97 Å². The van der Waals surface area contributed by atoms with Gasteiger partial charge in [-0.3, -0.25) is 4.79 Å². The minimum absolute atomic E-state index is 0.0135. The molecule has 5 nitrogen and oxygen atoms in total. The molecule has 1 aromatic carbocycles. The monoisotopic (exact) mass is 313 g/mol. The summed E-state index contributed by atoms with van der Waals surface area (Å²) in [4.78, 5) is 26.6. The number of likely N-dealkylation sites (N-methyl/N-ethyl adjacent to an activating group) is 1. The van der Waals surface area contributed by atoms with Crippen LogP contribution in [0.3, 0.4) is 0 Å². The summed E-state index contributed by atoms with van der Waals surface area (Å²) in [5, 5.41) is 0. The van der Waals surface area contributed by atoms with Gasteiger partial charge in [0.15, 0.2) is 0 Å². The molecule has 120 valence electrons. The number of ether oxygens (including phenoxy) is 2. The van der Waals surface area contributed by atoms with Crippen LogP contribution in [-0.2, 0) is 19.1 Å². The third-order valence-electron chi connectivity index (χ3n) is 3.72. The van der Waals surface area contributed by atoms with Crippen LogP contribution < -0.4 is 4.90 Å². The molecule has 1 heterocycles.